The maximum absolute atomic E-state index is 12.2. The van der Waals surface area contributed by atoms with Crippen LogP contribution in [0.3, 0.4) is 0 Å². The normalized spacial score (nSPS) is 18.4. The first-order valence-corrected chi connectivity index (χ1v) is 10.4. The van der Waals surface area contributed by atoms with E-state index < -0.39 is 17.8 Å². The van der Waals surface area contributed by atoms with Crippen LogP contribution in [0, 0.1) is 0 Å². The largest absolute Gasteiger partial charge is 0.467 e. The van der Waals surface area contributed by atoms with Gasteiger partial charge in [0.1, 0.15) is 11.7 Å². The Morgan fingerprint density at radius 2 is 1.47 bits per heavy atom. The second kappa shape index (κ2) is 10.2. The van der Waals surface area contributed by atoms with E-state index in [1.807, 2.05) is 20.8 Å². The van der Waals surface area contributed by atoms with Gasteiger partial charge in [-0.15, -0.1) is 0 Å². The van der Waals surface area contributed by atoms with Crippen molar-refractivity contribution in [1.82, 2.24) is 25.3 Å². The van der Waals surface area contributed by atoms with Crippen molar-refractivity contribution in [3.8, 4) is 17.1 Å². The highest BCUT2D eigenvalue weighted by Gasteiger charge is 2.26. The lowest BCUT2D eigenvalue weighted by atomic mass is 9.93. The van der Waals surface area contributed by atoms with Crippen molar-refractivity contribution in [2.24, 2.45) is 0 Å². The predicted molar refractivity (Wildman–Crippen MR) is 115 cm³/mol. The Labute approximate surface area is 186 Å². The number of methoxy groups -OCH3 is 1. The third-order valence-corrected chi connectivity index (χ3v) is 4.68. The number of amides is 2. The number of carbonyl (C=O) groups excluding carboxylic acids is 2. The lowest BCUT2D eigenvalue weighted by Crippen LogP contribution is -2.42. The molecule has 0 atom stereocenters. The number of hydrogen-bond donors (Lipinski definition) is 2. The molecule has 2 N–H and O–H groups in total. The summed E-state index contributed by atoms with van der Waals surface area (Å²) >= 11 is 0. The van der Waals surface area contributed by atoms with Gasteiger partial charge in [0, 0.05) is 42.0 Å². The molecule has 2 aromatic rings. The SMILES string of the molecule is COc1ncc(-c2cnc(NC(=O)O[C@H]3CC[C@H](NC(=O)OC(C)(C)C)CC3)nc2)cn1. The van der Waals surface area contributed by atoms with Crippen molar-refractivity contribution in [2.45, 2.75) is 64.2 Å². The van der Waals surface area contributed by atoms with E-state index in [0.717, 1.165) is 5.56 Å². The van der Waals surface area contributed by atoms with Gasteiger partial charge in [-0.1, -0.05) is 0 Å². The van der Waals surface area contributed by atoms with Crippen molar-refractivity contribution < 1.29 is 23.8 Å². The number of ether oxygens (including phenoxy) is 3. The van der Waals surface area contributed by atoms with E-state index in [2.05, 4.69) is 30.6 Å². The van der Waals surface area contributed by atoms with Crippen LogP contribution >= 0.6 is 0 Å². The molecule has 0 bridgehead atoms. The number of carbonyl (C=O) groups is 2. The van der Waals surface area contributed by atoms with E-state index in [4.69, 9.17) is 14.2 Å². The first kappa shape index (κ1) is 23.2. The van der Waals surface area contributed by atoms with E-state index in [1.54, 1.807) is 24.8 Å². The van der Waals surface area contributed by atoms with Gasteiger partial charge < -0.3 is 19.5 Å². The molecule has 32 heavy (non-hydrogen) atoms. The van der Waals surface area contributed by atoms with Gasteiger partial charge in [0.05, 0.1) is 7.11 Å². The molecule has 1 aliphatic rings. The number of nitrogens with zero attached hydrogens (tertiary/aromatic N) is 4. The van der Waals surface area contributed by atoms with Crippen LogP contribution in [0.2, 0.25) is 0 Å². The summed E-state index contributed by atoms with van der Waals surface area (Å²) in [4.78, 5) is 40.4. The summed E-state index contributed by atoms with van der Waals surface area (Å²) in [5.74, 6) is 0.133. The first-order valence-electron chi connectivity index (χ1n) is 10.4. The van der Waals surface area contributed by atoms with Gasteiger partial charge in [-0.25, -0.2) is 29.5 Å². The summed E-state index contributed by atoms with van der Waals surface area (Å²) in [6.07, 6.45) is 7.72. The van der Waals surface area contributed by atoms with Crippen LogP contribution in [0.15, 0.2) is 24.8 Å². The van der Waals surface area contributed by atoms with Crippen LogP contribution < -0.4 is 15.4 Å². The fraction of sp³-hybridized carbons (Fsp3) is 0.524. The minimum atomic E-state index is -0.617. The molecule has 2 amide bonds. The van der Waals surface area contributed by atoms with Crippen LogP contribution in [0.1, 0.15) is 46.5 Å². The van der Waals surface area contributed by atoms with Crippen LogP contribution in [0.25, 0.3) is 11.1 Å². The highest BCUT2D eigenvalue weighted by atomic mass is 16.6. The molecular weight excluding hydrogens is 416 g/mol. The van der Waals surface area contributed by atoms with E-state index >= 15 is 0 Å². The average molecular weight is 444 g/mol. The van der Waals surface area contributed by atoms with Gasteiger partial charge >= 0.3 is 18.2 Å². The Hall–Kier alpha value is -3.50. The van der Waals surface area contributed by atoms with Crippen molar-refractivity contribution in [1.29, 1.82) is 0 Å². The molecule has 172 valence electrons. The molecule has 3 rings (SSSR count). The molecule has 0 aliphatic heterocycles. The van der Waals surface area contributed by atoms with Crippen molar-refractivity contribution in [3.05, 3.63) is 24.8 Å². The minimum absolute atomic E-state index is 0.00516. The molecule has 11 nitrogen and oxygen atoms in total. The number of nitrogens with one attached hydrogen (secondary N) is 2. The zero-order valence-corrected chi connectivity index (χ0v) is 18.6. The lowest BCUT2D eigenvalue weighted by Gasteiger charge is -2.29. The van der Waals surface area contributed by atoms with Crippen LogP contribution in [-0.2, 0) is 9.47 Å². The highest BCUT2D eigenvalue weighted by Crippen LogP contribution is 2.22. The lowest BCUT2D eigenvalue weighted by molar-refractivity contribution is 0.0440. The molecule has 0 radical (unpaired) electrons. The van der Waals surface area contributed by atoms with Gasteiger partial charge in [0.2, 0.25) is 5.95 Å². The number of alkyl carbamates (subject to hydrolysis) is 1. The molecular formula is C21H28N6O5. The third kappa shape index (κ3) is 7.03. The van der Waals surface area contributed by atoms with Crippen molar-refractivity contribution in [2.75, 3.05) is 12.4 Å². The van der Waals surface area contributed by atoms with Gasteiger partial charge in [0.15, 0.2) is 0 Å². The van der Waals surface area contributed by atoms with Crippen molar-refractivity contribution >= 4 is 18.1 Å². The standard InChI is InChI=1S/C21H28N6O5/c1-21(2,3)32-20(29)26-15-5-7-16(8-6-15)31-19(28)27-17-22-9-13(10-23-17)14-11-24-18(30-4)25-12-14/h9-12,15-16H,5-8H2,1-4H3,(H,26,29)(H,22,23,27,28)/t15-,16-. The molecule has 2 aromatic heterocycles. The second-order valence-electron chi connectivity index (χ2n) is 8.40. The summed E-state index contributed by atoms with van der Waals surface area (Å²) in [5, 5.41) is 5.39. The molecule has 1 aliphatic carbocycles. The summed E-state index contributed by atoms with van der Waals surface area (Å²) in [6.45, 7) is 5.46. The minimum Gasteiger partial charge on any atom is -0.467 e. The van der Waals surface area contributed by atoms with E-state index in [-0.39, 0.29) is 24.1 Å². The Balaban J connectivity index is 1.42. The van der Waals surface area contributed by atoms with Crippen LogP contribution in [0.4, 0.5) is 15.5 Å². The zero-order chi connectivity index (χ0) is 23.1. The summed E-state index contributed by atoms with van der Waals surface area (Å²) in [6, 6.07) is 0.274. The molecule has 11 heteroatoms. The Morgan fingerprint density at radius 3 is 2.00 bits per heavy atom. The average Bonchev–Trinajstić information content (AvgIpc) is 2.74. The molecule has 0 spiro atoms. The Kier molecular flexibility index (Phi) is 7.39. The Morgan fingerprint density at radius 1 is 0.906 bits per heavy atom. The molecule has 2 heterocycles. The topological polar surface area (TPSA) is 137 Å². The van der Waals surface area contributed by atoms with Crippen molar-refractivity contribution in [3.63, 3.8) is 0 Å². The van der Waals surface area contributed by atoms with E-state index in [1.165, 1.54) is 7.11 Å². The second-order valence-corrected chi connectivity index (χ2v) is 8.40. The maximum atomic E-state index is 12.2. The number of aromatic nitrogens is 4. The van der Waals surface area contributed by atoms with E-state index in [0.29, 0.717) is 31.2 Å². The maximum Gasteiger partial charge on any atom is 0.414 e. The predicted octanol–water partition coefficient (Wildman–Crippen LogP) is 3.33. The monoisotopic (exact) mass is 444 g/mol. The Bertz CT molecular complexity index is 906. The fourth-order valence-electron chi connectivity index (χ4n) is 3.18. The van der Waals surface area contributed by atoms with Crippen LogP contribution in [0.5, 0.6) is 6.01 Å². The molecule has 1 saturated carbocycles. The number of rotatable bonds is 5. The first-order chi connectivity index (χ1) is 15.2. The quantitative estimate of drug-likeness (QED) is 0.711. The number of hydrogen-bond acceptors (Lipinski definition) is 9. The highest BCUT2D eigenvalue weighted by molar-refractivity contribution is 5.82. The van der Waals surface area contributed by atoms with Gasteiger partial charge in [-0.3, -0.25) is 5.32 Å². The molecule has 0 saturated heterocycles. The smallest absolute Gasteiger partial charge is 0.414 e. The molecule has 0 unspecified atom stereocenters. The molecule has 0 aromatic carbocycles. The van der Waals surface area contributed by atoms with Gasteiger partial charge in [0.25, 0.3) is 0 Å². The third-order valence-electron chi connectivity index (χ3n) is 4.68. The fourth-order valence-corrected chi connectivity index (χ4v) is 3.18. The molecule has 1 fully saturated rings. The van der Waals surface area contributed by atoms with E-state index in [9.17, 15) is 9.59 Å². The number of anilines is 1. The van der Waals surface area contributed by atoms with Gasteiger partial charge in [-0.05, 0) is 46.5 Å². The summed E-state index contributed by atoms with van der Waals surface area (Å²) < 4.78 is 15.7. The summed E-state index contributed by atoms with van der Waals surface area (Å²) in [5.41, 5.74) is 0.879. The zero-order valence-electron chi connectivity index (χ0n) is 18.6. The van der Waals surface area contributed by atoms with Gasteiger partial charge in [-0.2, -0.15) is 0 Å². The summed E-state index contributed by atoms with van der Waals surface area (Å²) in [7, 11) is 1.49. The van der Waals surface area contributed by atoms with Crippen LogP contribution in [-0.4, -0.2) is 57.0 Å².